The van der Waals surface area contributed by atoms with E-state index in [0.29, 0.717) is 12.0 Å². The fourth-order valence-corrected chi connectivity index (χ4v) is 3.26. The minimum absolute atomic E-state index is 0.204. The Labute approximate surface area is 105 Å². The minimum atomic E-state index is 0.204. The summed E-state index contributed by atoms with van der Waals surface area (Å²) in [7, 11) is 0. The van der Waals surface area contributed by atoms with E-state index in [-0.39, 0.29) is 11.8 Å². The first kappa shape index (κ1) is 12.9. The fraction of sp³-hybridized carbons (Fsp3) is 0.929. The van der Waals surface area contributed by atoms with E-state index < -0.39 is 0 Å². The molecule has 2 fully saturated rings. The third kappa shape index (κ3) is 3.44. The van der Waals surface area contributed by atoms with Gasteiger partial charge in [0.15, 0.2) is 0 Å². The van der Waals surface area contributed by atoms with Crippen LogP contribution in [0.4, 0.5) is 0 Å². The summed E-state index contributed by atoms with van der Waals surface area (Å²) in [5.41, 5.74) is 0. The maximum absolute atomic E-state index is 12.1. The highest BCUT2D eigenvalue weighted by atomic mass is 16.2. The summed E-state index contributed by atoms with van der Waals surface area (Å²) in [5.74, 6) is 1.95. The van der Waals surface area contributed by atoms with Gasteiger partial charge in [0.25, 0.3) is 0 Å². The largest absolute Gasteiger partial charge is 0.353 e. The van der Waals surface area contributed by atoms with Gasteiger partial charge in [-0.3, -0.25) is 4.79 Å². The lowest BCUT2D eigenvalue weighted by molar-refractivity contribution is -0.126. The van der Waals surface area contributed by atoms with Crippen LogP contribution in [0, 0.1) is 17.8 Å². The van der Waals surface area contributed by atoms with Crippen molar-refractivity contribution in [3.05, 3.63) is 0 Å². The number of nitrogens with one attached hydrogen (secondary N) is 2. The summed E-state index contributed by atoms with van der Waals surface area (Å²) in [5, 5.41) is 6.59. The van der Waals surface area contributed by atoms with Gasteiger partial charge in [-0.25, -0.2) is 0 Å². The summed E-state index contributed by atoms with van der Waals surface area (Å²) in [4.78, 5) is 12.1. The molecular formula is C14H26N2O. The molecule has 3 nitrogen and oxygen atoms in total. The van der Waals surface area contributed by atoms with E-state index in [0.717, 1.165) is 38.3 Å². The standard InChI is InChI=1S/C14H26N2O/c1-10-5-6-13(11(2)8-10)16-14(17)12-4-3-7-15-9-12/h10-13,15H,3-9H2,1-2H3,(H,16,17). The summed E-state index contributed by atoms with van der Waals surface area (Å²) < 4.78 is 0. The normalized spacial score (nSPS) is 38.7. The molecule has 17 heavy (non-hydrogen) atoms. The second-order valence-corrected chi connectivity index (χ2v) is 6.05. The van der Waals surface area contributed by atoms with Gasteiger partial charge in [0.2, 0.25) is 5.91 Å². The number of carbonyl (C=O) groups is 1. The molecule has 1 aliphatic heterocycles. The van der Waals surface area contributed by atoms with Crippen molar-refractivity contribution in [3.63, 3.8) is 0 Å². The average Bonchev–Trinajstić information content (AvgIpc) is 2.34. The van der Waals surface area contributed by atoms with E-state index in [2.05, 4.69) is 24.5 Å². The molecule has 2 N–H and O–H groups in total. The van der Waals surface area contributed by atoms with Crippen LogP contribution in [0.2, 0.25) is 0 Å². The van der Waals surface area contributed by atoms with Crippen molar-refractivity contribution >= 4 is 5.91 Å². The summed E-state index contributed by atoms with van der Waals surface area (Å²) in [6.07, 6.45) is 5.87. The molecule has 1 saturated carbocycles. The van der Waals surface area contributed by atoms with Crippen molar-refractivity contribution in [1.82, 2.24) is 10.6 Å². The van der Waals surface area contributed by atoms with Gasteiger partial charge in [-0.2, -0.15) is 0 Å². The van der Waals surface area contributed by atoms with Gasteiger partial charge in [-0.15, -0.1) is 0 Å². The van der Waals surface area contributed by atoms with Crippen LogP contribution in [-0.2, 0) is 4.79 Å². The molecule has 0 aromatic carbocycles. The Morgan fingerprint density at radius 1 is 1.24 bits per heavy atom. The van der Waals surface area contributed by atoms with E-state index in [1.807, 2.05) is 0 Å². The molecule has 0 radical (unpaired) electrons. The van der Waals surface area contributed by atoms with E-state index in [4.69, 9.17) is 0 Å². The fourth-order valence-electron chi connectivity index (χ4n) is 3.26. The van der Waals surface area contributed by atoms with Gasteiger partial charge >= 0.3 is 0 Å². The molecule has 98 valence electrons. The van der Waals surface area contributed by atoms with Crippen LogP contribution in [0.25, 0.3) is 0 Å². The van der Waals surface area contributed by atoms with E-state index in [1.165, 1.54) is 12.8 Å². The Morgan fingerprint density at radius 2 is 2.06 bits per heavy atom. The van der Waals surface area contributed by atoms with Crippen LogP contribution >= 0.6 is 0 Å². The highest BCUT2D eigenvalue weighted by molar-refractivity contribution is 5.79. The topological polar surface area (TPSA) is 41.1 Å². The first-order valence-electron chi connectivity index (χ1n) is 7.18. The highest BCUT2D eigenvalue weighted by Crippen LogP contribution is 2.28. The Hall–Kier alpha value is -0.570. The molecule has 1 saturated heterocycles. The number of hydrogen-bond donors (Lipinski definition) is 2. The van der Waals surface area contributed by atoms with Crippen molar-refractivity contribution in [3.8, 4) is 0 Å². The predicted molar refractivity (Wildman–Crippen MR) is 69.7 cm³/mol. The Bertz CT molecular complexity index is 261. The van der Waals surface area contributed by atoms with Crippen LogP contribution in [0.15, 0.2) is 0 Å². The maximum Gasteiger partial charge on any atom is 0.224 e. The molecule has 4 unspecified atom stereocenters. The Kier molecular flexibility index (Phi) is 4.43. The highest BCUT2D eigenvalue weighted by Gasteiger charge is 2.29. The molecule has 1 amide bonds. The molecule has 0 aromatic rings. The van der Waals surface area contributed by atoms with Crippen LogP contribution < -0.4 is 10.6 Å². The van der Waals surface area contributed by atoms with Gasteiger partial charge in [0.1, 0.15) is 0 Å². The maximum atomic E-state index is 12.1. The Morgan fingerprint density at radius 3 is 2.71 bits per heavy atom. The van der Waals surface area contributed by atoms with Gasteiger partial charge in [0.05, 0.1) is 5.92 Å². The van der Waals surface area contributed by atoms with Crippen LogP contribution in [-0.4, -0.2) is 25.0 Å². The first-order chi connectivity index (χ1) is 8.16. The van der Waals surface area contributed by atoms with Crippen molar-refractivity contribution in [1.29, 1.82) is 0 Å². The molecule has 3 heteroatoms. The van der Waals surface area contributed by atoms with Crippen LogP contribution in [0.1, 0.15) is 46.0 Å². The second kappa shape index (κ2) is 5.85. The van der Waals surface area contributed by atoms with Gasteiger partial charge in [-0.05, 0) is 50.5 Å². The molecule has 4 atom stereocenters. The summed E-state index contributed by atoms with van der Waals surface area (Å²) >= 11 is 0. The molecule has 0 aromatic heterocycles. The molecular weight excluding hydrogens is 212 g/mol. The minimum Gasteiger partial charge on any atom is -0.353 e. The lowest BCUT2D eigenvalue weighted by Crippen LogP contribution is -2.47. The van der Waals surface area contributed by atoms with Crippen LogP contribution in [0.3, 0.4) is 0 Å². The van der Waals surface area contributed by atoms with E-state index in [1.54, 1.807) is 0 Å². The van der Waals surface area contributed by atoms with Crippen molar-refractivity contribution in [2.75, 3.05) is 13.1 Å². The van der Waals surface area contributed by atoms with Gasteiger partial charge in [-0.1, -0.05) is 13.8 Å². The zero-order chi connectivity index (χ0) is 12.3. The quantitative estimate of drug-likeness (QED) is 0.772. The summed E-state index contributed by atoms with van der Waals surface area (Å²) in [6, 6.07) is 0.417. The predicted octanol–water partition coefficient (Wildman–Crippen LogP) is 1.93. The lowest BCUT2D eigenvalue weighted by Gasteiger charge is -2.34. The second-order valence-electron chi connectivity index (χ2n) is 6.05. The molecule has 0 bridgehead atoms. The van der Waals surface area contributed by atoms with Crippen molar-refractivity contribution in [2.24, 2.45) is 17.8 Å². The number of amides is 1. The average molecular weight is 238 g/mol. The zero-order valence-corrected chi connectivity index (χ0v) is 11.2. The monoisotopic (exact) mass is 238 g/mol. The molecule has 1 aliphatic carbocycles. The zero-order valence-electron chi connectivity index (χ0n) is 11.2. The number of rotatable bonds is 2. The van der Waals surface area contributed by atoms with Crippen molar-refractivity contribution < 1.29 is 4.79 Å². The third-order valence-corrected chi connectivity index (χ3v) is 4.43. The van der Waals surface area contributed by atoms with Crippen LogP contribution in [0.5, 0.6) is 0 Å². The lowest BCUT2D eigenvalue weighted by atomic mass is 9.79. The number of carbonyl (C=O) groups excluding carboxylic acids is 1. The van der Waals surface area contributed by atoms with Crippen molar-refractivity contribution in [2.45, 2.75) is 52.0 Å². The third-order valence-electron chi connectivity index (χ3n) is 4.43. The number of hydrogen-bond acceptors (Lipinski definition) is 2. The summed E-state index contributed by atoms with van der Waals surface area (Å²) in [6.45, 7) is 6.53. The van der Waals surface area contributed by atoms with E-state index >= 15 is 0 Å². The van der Waals surface area contributed by atoms with Gasteiger partial charge in [0, 0.05) is 12.6 Å². The van der Waals surface area contributed by atoms with Gasteiger partial charge < -0.3 is 10.6 Å². The number of piperidine rings is 1. The molecule has 2 aliphatic rings. The SMILES string of the molecule is CC1CCC(NC(=O)C2CCCNC2)C(C)C1. The Balaban J connectivity index is 1.81. The van der Waals surface area contributed by atoms with E-state index in [9.17, 15) is 4.79 Å². The molecule has 0 spiro atoms. The first-order valence-corrected chi connectivity index (χ1v) is 7.18. The smallest absolute Gasteiger partial charge is 0.224 e. The molecule has 2 rings (SSSR count). The molecule has 1 heterocycles.